The Morgan fingerprint density at radius 1 is 1.14 bits per heavy atom. The first-order valence-corrected chi connectivity index (χ1v) is 7.95. The molecule has 1 aromatic rings. The van der Waals surface area contributed by atoms with Gasteiger partial charge in [0.15, 0.2) is 0 Å². The summed E-state index contributed by atoms with van der Waals surface area (Å²) < 4.78 is 4.94. The number of esters is 1. The van der Waals surface area contributed by atoms with Crippen LogP contribution in [0.1, 0.15) is 49.5 Å². The van der Waals surface area contributed by atoms with Gasteiger partial charge in [-0.1, -0.05) is 31.5 Å². The van der Waals surface area contributed by atoms with Gasteiger partial charge in [0.2, 0.25) is 0 Å². The molecule has 0 aliphatic carbocycles. The molecule has 0 aromatic heterocycles. The lowest BCUT2D eigenvalue weighted by Crippen LogP contribution is -2.34. The summed E-state index contributed by atoms with van der Waals surface area (Å²) in [5, 5.41) is 0. The van der Waals surface area contributed by atoms with E-state index in [1.54, 1.807) is 11.8 Å². The van der Waals surface area contributed by atoms with Crippen LogP contribution < -0.4 is 0 Å². The maximum absolute atomic E-state index is 12.6. The van der Waals surface area contributed by atoms with Gasteiger partial charge in [0.05, 0.1) is 13.0 Å². The lowest BCUT2D eigenvalue weighted by Gasteiger charge is -2.23. The van der Waals surface area contributed by atoms with Gasteiger partial charge in [-0.3, -0.25) is 9.59 Å². The average Bonchev–Trinajstić information content (AvgIpc) is 2.47. The number of ether oxygens (including phenoxy) is 1. The van der Waals surface area contributed by atoms with Crippen LogP contribution in [0.5, 0.6) is 0 Å². The summed E-state index contributed by atoms with van der Waals surface area (Å²) in [6.45, 7) is 9.45. The van der Waals surface area contributed by atoms with Gasteiger partial charge in [0.1, 0.15) is 0 Å². The molecular weight excluding hydrogens is 278 g/mol. The van der Waals surface area contributed by atoms with E-state index in [9.17, 15) is 9.59 Å². The van der Waals surface area contributed by atoms with Crippen molar-refractivity contribution in [2.24, 2.45) is 5.92 Å². The standard InChI is InChI=1S/C18H27NO3/c1-5-22-17(20)11-13-19(12-10-14(2)3)18(21)16-8-6-15(4)7-9-16/h6-9,14H,5,10-13H2,1-4H3. The quantitative estimate of drug-likeness (QED) is 0.691. The van der Waals surface area contributed by atoms with E-state index < -0.39 is 0 Å². The fourth-order valence-electron chi connectivity index (χ4n) is 2.07. The summed E-state index contributed by atoms with van der Waals surface area (Å²) in [7, 11) is 0. The molecule has 1 amide bonds. The first-order chi connectivity index (χ1) is 10.4. The number of nitrogens with zero attached hydrogens (tertiary/aromatic N) is 1. The van der Waals surface area contributed by atoms with Crippen molar-refractivity contribution in [2.45, 2.75) is 40.5 Å². The van der Waals surface area contributed by atoms with Crippen molar-refractivity contribution in [1.82, 2.24) is 4.90 Å². The first kappa shape index (κ1) is 18.2. The van der Waals surface area contributed by atoms with Gasteiger partial charge >= 0.3 is 5.97 Å². The number of hydrogen-bond acceptors (Lipinski definition) is 3. The number of aryl methyl sites for hydroxylation is 1. The number of carbonyl (C=O) groups is 2. The van der Waals surface area contributed by atoms with Crippen LogP contribution in [0.15, 0.2) is 24.3 Å². The molecule has 0 aliphatic rings. The molecular formula is C18H27NO3. The van der Waals surface area contributed by atoms with Crippen molar-refractivity contribution in [2.75, 3.05) is 19.7 Å². The number of amides is 1. The molecule has 1 aromatic carbocycles. The predicted octanol–water partition coefficient (Wildman–Crippen LogP) is 3.44. The van der Waals surface area contributed by atoms with Crippen LogP contribution >= 0.6 is 0 Å². The molecule has 122 valence electrons. The Hall–Kier alpha value is -1.84. The molecule has 0 atom stereocenters. The lowest BCUT2D eigenvalue weighted by atomic mass is 10.1. The fraction of sp³-hybridized carbons (Fsp3) is 0.556. The molecule has 0 N–H and O–H groups in total. The topological polar surface area (TPSA) is 46.6 Å². The van der Waals surface area contributed by atoms with E-state index in [1.807, 2.05) is 31.2 Å². The van der Waals surface area contributed by atoms with Crippen LogP contribution in [0.25, 0.3) is 0 Å². The van der Waals surface area contributed by atoms with Gasteiger partial charge in [0.25, 0.3) is 5.91 Å². The largest absolute Gasteiger partial charge is 0.466 e. The Kier molecular flexibility index (Phi) is 7.64. The van der Waals surface area contributed by atoms with Crippen LogP contribution in [-0.4, -0.2) is 36.5 Å². The highest BCUT2D eigenvalue weighted by Gasteiger charge is 2.17. The molecule has 4 nitrogen and oxygen atoms in total. The first-order valence-electron chi connectivity index (χ1n) is 7.95. The van der Waals surface area contributed by atoms with Crippen molar-refractivity contribution in [3.05, 3.63) is 35.4 Å². The van der Waals surface area contributed by atoms with Gasteiger partial charge in [-0.15, -0.1) is 0 Å². The zero-order valence-electron chi connectivity index (χ0n) is 14.1. The Bertz CT molecular complexity index is 480. The summed E-state index contributed by atoms with van der Waals surface area (Å²) in [6, 6.07) is 7.53. The molecule has 4 heteroatoms. The third-order valence-corrected chi connectivity index (χ3v) is 3.45. The van der Waals surface area contributed by atoms with Gasteiger partial charge in [-0.05, 0) is 38.3 Å². The maximum atomic E-state index is 12.6. The molecule has 0 heterocycles. The molecule has 1 rings (SSSR count). The van der Waals surface area contributed by atoms with E-state index in [-0.39, 0.29) is 18.3 Å². The summed E-state index contributed by atoms with van der Waals surface area (Å²) in [5.41, 5.74) is 1.79. The van der Waals surface area contributed by atoms with E-state index in [1.165, 1.54) is 0 Å². The van der Waals surface area contributed by atoms with Crippen molar-refractivity contribution in [1.29, 1.82) is 0 Å². The molecule has 0 bridgehead atoms. The summed E-state index contributed by atoms with van der Waals surface area (Å²) >= 11 is 0. The summed E-state index contributed by atoms with van der Waals surface area (Å²) in [6.07, 6.45) is 1.16. The van der Waals surface area contributed by atoms with E-state index in [2.05, 4.69) is 13.8 Å². The second-order valence-corrected chi connectivity index (χ2v) is 5.90. The third kappa shape index (κ3) is 6.29. The van der Waals surface area contributed by atoms with Gasteiger partial charge in [0, 0.05) is 18.7 Å². The zero-order valence-corrected chi connectivity index (χ0v) is 14.1. The van der Waals surface area contributed by atoms with Gasteiger partial charge < -0.3 is 9.64 Å². The Morgan fingerprint density at radius 2 is 1.77 bits per heavy atom. The lowest BCUT2D eigenvalue weighted by molar-refractivity contribution is -0.143. The van der Waals surface area contributed by atoms with Crippen molar-refractivity contribution in [3.63, 3.8) is 0 Å². The SMILES string of the molecule is CCOC(=O)CCN(CCC(C)C)C(=O)c1ccc(C)cc1. The molecule has 0 unspecified atom stereocenters. The Morgan fingerprint density at radius 3 is 2.32 bits per heavy atom. The minimum Gasteiger partial charge on any atom is -0.466 e. The number of benzene rings is 1. The zero-order chi connectivity index (χ0) is 16.5. The van der Waals surface area contributed by atoms with Crippen molar-refractivity contribution in [3.8, 4) is 0 Å². The van der Waals surface area contributed by atoms with Crippen LogP contribution in [0, 0.1) is 12.8 Å². The van der Waals surface area contributed by atoms with Crippen molar-refractivity contribution >= 4 is 11.9 Å². The molecule has 22 heavy (non-hydrogen) atoms. The van der Waals surface area contributed by atoms with Crippen LogP contribution in [0.4, 0.5) is 0 Å². The molecule has 0 saturated carbocycles. The number of hydrogen-bond donors (Lipinski definition) is 0. The highest BCUT2D eigenvalue weighted by Crippen LogP contribution is 2.10. The monoisotopic (exact) mass is 305 g/mol. The van der Waals surface area contributed by atoms with E-state index in [0.29, 0.717) is 31.2 Å². The maximum Gasteiger partial charge on any atom is 0.307 e. The number of rotatable bonds is 8. The minimum absolute atomic E-state index is 0.0232. The number of carbonyl (C=O) groups excluding carboxylic acids is 2. The van der Waals surface area contributed by atoms with Crippen LogP contribution in [-0.2, 0) is 9.53 Å². The van der Waals surface area contributed by atoms with Crippen LogP contribution in [0.3, 0.4) is 0 Å². The smallest absolute Gasteiger partial charge is 0.307 e. The fourth-order valence-corrected chi connectivity index (χ4v) is 2.07. The minimum atomic E-state index is -0.256. The molecule has 0 fully saturated rings. The van der Waals surface area contributed by atoms with Gasteiger partial charge in [-0.25, -0.2) is 0 Å². The Balaban J connectivity index is 2.72. The van der Waals surface area contributed by atoms with E-state index in [4.69, 9.17) is 4.74 Å². The van der Waals surface area contributed by atoms with Crippen molar-refractivity contribution < 1.29 is 14.3 Å². The summed E-state index contributed by atoms with van der Waals surface area (Å²) in [4.78, 5) is 25.9. The highest BCUT2D eigenvalue weighted by atomic mass is 16.5. The van der Waals surface area contributed by atoms with Crippen LogP contribution in [0.2, 0.25) is 0 Å². The normalized spacial score (nSPS) is 10.6. The Labute approximate surface area is 133 Å². The van der Waals surface area contributed by atoms with Gasteiger partial charge in [-0.2, -0.15) is 0 Å². The second-order valence-electron chi connectivity index (χ2n) is 5.90. The molecule has 0 spiro atoms. The second kappa shape index (κ2) is 9.23. The van der Waals surface area contributed by atoms with E-state index >= 15 is 0 Å². The molecule has 0 aliphatic heterocycles. The molecule has 0 radical (unpaired) electrons. The average molecular weight is 305 g/mol. The van der Waals surface area contributed by atoms with E-state index in [0.717, 1.165) is 12.0 Å². The predicted molar refractivity (Wildman–Crippen MR) is 87.8 cm³/mol. The third-order valence-electron chi connectivity index (χ3n) is 3.45. The highest BCUT2D eigenvalue weighted by molar-refractivity contribution is 5.94. The summed E-state index contributed by atoms with van der Waals surface area (Å²) in [5.74, 6) is 0.231. The molecule has 0 saturated heterocycles.